The Labute approximate surface area is 127 Å². The number of benzene rings is 1. The minimum atomic E-state index is -3.18. The van der Waals surface area contributed by atoms with Gasteiger partial charge in [0.1, 0.15) is 0 Å². The van der Waals surface area contributed by atoms with Crippen LogP contribution < -0.4 is 0 Å². The van der Waals surface area contributed by atoms with E-state index in [9.17, 15) is 13.5 Å². The highest BCUT2D eigenvalue weighted by molar-refractivity contribution is 7.91. The van der Waals surface area contributed by atoms with E-state index < -0.39 is 9.84 Å². The molecule has 2 aliphatic rings. The molecule has 4 unspecified atom stereocenters. The number of fused-ring (bicyclic) bond motifs is 1. The number of aliphatic hydroxyl groups is 1. The van der Waals surface area contributed by atoms with Gasteiger partial charge in [-0.1, -0.05) is 32.0 Å². The fourth-order valence-electron chi connectivity index (χ4n) is 4.10. The Morgan fingerprint density at radius 1 is 1.19 bits per heavy atom. The first-order valence-electron chi connectivity index (χ1n) is 7.90. The molecule has 1 heterocycles. The molecule has 1 aromatic carbocycles. The van der Waals surface area contributed by atoms with Crippen molar-refractivity contribution >= 4 is 9.84 Å². The molecule has 0 bridgehead atoms. The summed E-state index contributed by atoms with van der Waals surface area (Å²) in [4.78, 5) is 0.480. The van der Waals surface area contributed by atoms with Gasteiger partial charge in [-0.2, -0.15) is 0 Å². The number of hydrogen-bond acceptors (Lipinski definition) is 3. The Morgan fingerprint density at radius 3 is 2.62 bits per heavy atom. The molecule has 1 saturated carbocycles. The lowest BCUT2D eigenvalue weighted by molar-refractivity contribution is 0.0275. The van der Waals surface area contributed by atoms with Crippen molar-refractivity contribution in [2.24, 2.45) is 17.8 Å². The molecule has 1 aliphatic carbocycles. The topological polar surface area (TPSA) is 54.4 Å². The van der Waals surface area contributed by atoms with Gasteiger partial charge in [0.05, 0.1) is 16.8 Å². The van der Waals surface area contributed by atoms with Crippen LogP contribution in [0.15, 0.2) is 29.2 Å². The standard InChI is InChI=1S/C17H24O3S/c1-11(2)12-7-8-16(18)14(9-12)15-10-21(19,20)17-6-4-3-5-13(15)17/h3-6,11-12,14-16,18H,7-10H2,1-2H3. The summed E-state index contributed by atoms with van der Waals surface area (Å²) in [5.74, 6) is 1.38. The maximum Gasteiger partial charge on any atom is 0.179 e. The van der Waals surface area contributed by atoms with E-state index in [0.717, 1.165) is 24.8 Å². The maximum atomic E-state index is 12.3. The third-order valence-electron chi connectivity index (χ3n) is 5.41. The molecule has 21 heavy (non-hydrogen) atoms. The molecule has 1 fully saturated rings. The van der Waals surface area contributed by atoms with Crippen LogP contribution in [-0.2, 0) is 9.84 Å². The molecule has 4 heteroatoms. The minimum absolute atomic E-state index is 0.0391. The normalized spacial score (nSPS) is 34.9. The Kier molecular flexibility index (Phi) is 3.87. The number of hydrogen-bond donors (Lipinski definition) is 1. The van der Waals surface area contributed by atoms with Gasteiger partial charge < -0.3 is 5.11 Å². The Hall–Kier alpha value is -0.870. The van der Waals surface area contributed by atoms with Crippen molar-refractivity contribution in [1.29, 1.82) is 0 Å². The van der Waals surface area contributed by atoms with Crippen LogP contribution in [0, 0.1) is 17.8 Å². The van der Waals surface area contributed by atoms with Crippen LogP contribution in [0.3, 0.4) is 0 Å². The lowest BCUT2D eigenvalue weighted by Crippen LogP contribution is -2.35. The van der Waals surface area contributed by atoms with E-state index in [2.05, 4.69) is 13.8 Å². The van der Waals surface area contributed by atoms with Gasteiger partial charge in [-0.05, 0) is 48.6 Å². The van der Waals surface area contributed by atoms with Crippen molar-refractivity contribution in [3.8, 4) is 0 Å². The monoisotopic (exact) mass is 308 g/mol. The smallest absolute Gasteiger partial charge is 0.179 e. The van der Waals surface area contributed by atoms with Crippen LogP contribution in [0.4, 0.5) is 0 Å². The Balaban J connectivity index is 1.94. The van der Waals surface area contributed by atoms with Crippen molar-refractivity contribution in [2.45, 2.75) is 50.0 Å². The van der Waals surface area contributed by atoms with Gasteiger partial charge in [-0.25, -0.2) is 8.42 Å². The van der Waals surface area contributed by atoms with Crippen LogP contribution >= 0.6 is 0 Å². The summed E-state index contributed by atoms with van der Waals surface area (Å²) in [6.07, 6.45) is 2.42. The second-order valence-corrected chi connectivity index (χ2v) is 8.98. The van der Waals surface area contributed by atoms with Crippen molar-refractivity contribution in [1.82, 2.24) is 0 Å². The number of sulfone groups is 1. The van der Waals surface area contributed by atoms with Crippen molar-refractivity contribution in [3.05, 3.63) is 29.8 Å². The first-order chi connectivity index (χ1) is 9.90. The molecule has 3 rings (SSSR count). The molecule has 0 amide bonds. The third kappa shape index (κ3) is 2.64. The quantitative estimate of drug-likeness (QED) is 0.914. The van der Waals surface area contributed by atoms with E-state index in [1.54, 1.807) is 12.1 Å². The summed E-state index contributed by atoms with van der Waals surface area (Å²) < 4.78 is 24.7. The fourth-order valence-corrected chi connectivity index (χ4v) is 6.05. The van der Waals surface area contributed by atoms with Crippen LogP contribution in [0.1, 0.15) is 44.6 Å². The lowest BCUT2D eigenvalue weighted by atomic mass is 9.69. The zero-order chi connectivity index (χ0) is 15.2. The van der Waals surface area contributed by atoms with Crippen molar-refractivity contribution in [3.63, 3.8) is 0 Å². The second-order valence-electron chi connectivity index (χ2n) is 6.97. The highest BCUT2D eigenvalue weighted by Gasteiger charge is 2.43. The van der Waals surface area contributed by atoms with Gasteiger partial charge in [0, 0.05) is 5.92 Å². The predicted octanol–water partition coefficient (Wildman–Crippen LogP) is 2.99. The lowest BCUT2D eigenvalue weighted by Gasteiger charge is -2.38. The average Bonchev–Trinajstić information content (AvgIpc) is 2.71. The van der Waals surface area contributed by atoms with Crippen LogP contribution in [0.2, 0.25) is 0 Å². The number of aliphatic hydroxyl groups excluding tert-OH is 1. The summed E-state index contributed by atoms with van der Waals surface area (Å²) in [7, 11) is -3.18. The summed E-state index contributed by atoms with van der Waals surface area (Å²) in [6.45, 7) is 4.44. The van der Waals surface area contributed by atoms with E-state index in [0.29, 0.717) is 16.7 Å². The van der Waals surface area contributed by atoms with Gasteiger partial charge >= 0.3 is 0 Å². The zero-order valence-corrected chi connectivity index (χ0v) is 13.5. The van der Waals surface area contributed by atoms with Gasteiger partial charge in [-0.3, -0.25) is 0 Å². The second kappa shape index (κ2) is 5.40. The summed E-state index contributed by atoms with van der Waals surface area (Å²) in [5, 5.41) is 10.4. The summed E-state index contributed by atoms with van der Waals surface area (Å²) >= 11 is 0. The molecule has 1 aliphatic heterocycles. The molecular weight excluding hydrogens is 284 g/mol. The van der Waals surface area contributed by atoms with E-state index in [-0.39, 0.29) is 23.7 Å². The minimum Gasteiger partial charge on any atom is -0.393 e. The zero-order valence-electron chi connectivity index (χ0n) is 12.7. The molecule has 0 aromatic heterocycles. The molecular formula is C17H24O3S. The molecule has 0 radical (unpaired) electrons. The Bertz CT molecular complexity index is 621. The van der Waals surface area contributed by atoms with Gasteiger partial charge in [-0.15, -0.1) is 0 Å². The SMILES string of the molecule is CC(C)C1CCC(O)C(C2CS(=O)(=O)c3ccccc32)C1. The van der Waals surface area contributed by atoms with Crippen molar-refractivity contribution in [2.75, 3.05) is 5.75 Å². The summed E-state index contributed by atoms with van der Waals surface area (Å²) in [6, 6.07) is 7.32. The molecule has 0 saturated heterocycles. The molecule has 116 valence electrons. The molecule has 4 atom stereocenters. The predicted molar refractivity (Wildman–Crippen MR) is 82.9 cm³/mol. The third-order valence-corrected chi connectivity index (χ3v) is 7.25. The summed E-state index contributed by atoms with van der Waals surface area (Å²) in [5.41, 5.74) is 0.922. The first-order valence-corrected chi connectivity index (χ1v) is 9.55. The van der Waals surface area contributed by atoms with Crippen molar-refractivity contribution < 1.29 is 13.5 Å². The van der Waals surface area contributed by atoms with E-state index >= 15 is 0 Å². The molecule has 1 aromatic rings. The van der Waals surface area contributed by atoms with E-state index in [1.807, 2.05) is 12.1 Å². The number of rotatable bonds is 2. The first kappa shape index (κ1) is 15.0. The molecule has 0 spiro atoms. The highest BCUT2D eigenvalue weighted by atomic mass is 32.2. The maximum absolute atomic E-state index is 12.3. The van der Waals surface area contributed by atoms with E-state index in [4.69, 9.17) is 0 Å². The van der Waals surface area contributed by atoms with Gasteiger partial charge in [0.15, 0.2) is 9.84 Å². The average molecular weight is 308 g/mol. The van der Waals surface area contributed by atoms with Crippen LogP contribution in [0.25, 0.3) is 0 Å². The van der Waals surface area contributed by atoms with Crippen LogP contribution in [-0.4, -0.2) is 25.4 Å². The van der Waals surface area contributed by atoms with E-state index in [1.165, 1.54) is 0 Å². The fraction of sp³-hybridized carbons (Fsp3) is 0.647. The van der Waals surface area contributed by atoms with Gasteiger partial charge in [0.25, 0.3) is 0 Å². The van der Waals surface area contributed by atoms with Crippen LogP contribution in [0.5, 0.6) is 0 Å². The highest BCUT2D eigenvalue weighted by Crippen LogP contribution is 2.46. The van der Waals surface area contributed by atoms with Gasteiger partial charge in [0.2, 0.25) is 0 Å². The molecule has 3 nitrogen and oxygen atoms in total. The largest absolute Gasteiger partial charge is 0.393 e. The molecule has 1 N–H and O–H groups in total. The Morgan fingerprint density at radius 2 is 1.90 bits per heavy atom.